The zero-order chi connectivity index (χ0) is 19.1. The first-order chi connectivity index (χ1) is 13.0. The Bertz CT molecular complexity index is 1050. The average Bonchev–Trinajstić information content (AvgIpc) is 3.37. The second kappa shape index (κ2) is 6.68. The molecule has 136 valence electrons. The standard InChI is InChI=1S/C19H13ClN2O4S/c1-10-9-14(21-26-10)22-16(11-4-6-12(20)7-5-11)15(18(24)19(22)25)17(23)13-3-2-8-27-13/h2-9,16,24H,1H3/t16-/m0/s1. The fourth-order valence-corrected chi connectivity index (χ4v) is 3.85. The highest BCUT2D eigenvalue weighted by Gasteiger charge is 2.45. The van der Waals surface area contributed by atoms with E-state index in [1.165, 1.54) is 16.2 Å². The van der Waals surface area contributed by atoms with Gasteiger partial charge in [0.2, 0.25) is 5.78 Å². The number of nitrogens with zero attached hydrogens (tertiary/aromatic N) is 2. The highest BCUT2D eigenvalue weighted by atomic mass is 35.5. The molecule has 3 aromatic rings. The number of benzene rings is 1. The molecule has 4 rings (SSSR count). The van der Waals surface area contributed by atoms with E-state index in [4.69, 9.17) is 16.1 Å². The number of hydrogen-bond acceptors (Lipinski definition) is 6. The van der Waals surface area contributed by atoms with Gasteiger partial charge < -0.3 is 9.63 Å². The number of aromatic nitrogens is 1. The lowest BCUT2D eigenvalue weighted by molar-refractivity contribution is -0.117. The summed E-state index contributed by atoms with van der Waals surface area (Å²) in [5.74, 6) is -0.973. The number of thiophene rings is 1. The van der Waals surface area contributed by atoms with Crippen LogP contribution in [0.25, 0.3) is 0 Å². The van der Waals surface area contributed by atoms with Gasteiger partial charge in [-0.25, -0.2) is 0 Å². The van der Waals surface area contributed by atoms with E-state index < -0.39 is 23.5 Å². The van der Waals surface area contributed by atoms with Crippen LogP contribution >= 0.6 is 22.9 Å². The fraction of sp³-hybridized carbons (Fsp3) is 0.105. The van der Waals surface area contributed by atoms with Gasteiger partial charge in [0.1, 0.15) is 5.76 Å². The number of halogens is 1. The van der Waals surface area contributed by atoms with Gasteiger partial charge >= 0.3 is 0 Å². The Morgan fingerprint density at radius 3 is 2.63 bits per heavy atom. The predicted molar refractivity (Wildman–Crippen MR) is 101 cm³/mol. The molecule has 8 heteroatoms. The summed E-state index contributed by atoms with van der Waals surface area (Å²) in [7, 11) is 0. The summed E-state index contributed by atoms with van der Waals surface area (Å²) in [5.41, 5.74) is 0.628. The molecule has 0 radical (unpaired) electrons. The van der Waals surface area contributed by atoms with Crippen LogP contribution in [-0.2, 0) is 4.79 Å². The Labute approximate surface area is 163 Å². The summed E-state index contributed by atoms with van der Waals surface area (Å²) in [6.45, 7) is 1.69. The average molecular weight is 401 g/mol. The van der Waals surface area contributed by atoms with E-state index in [9.17, 15) is 14.7 Å². The van der Waals surface area contributed by atoms with Gasteiger partial charge in [0.15, 0.2) is 11.6 Å². The molecule has 6 nitrogen and oxygen atoms in total. The SMILES string of the molecule is Cc1cc(N2C(=O)C(O)=C(C(=O)c3cccs3)[C@@H]2c2ccc(Cl)cc2)no1. The third-order valence-corrected chi connectivity index (χ3v) is 5.37. The molecule has 27 heavy (non-hydrogen) atoms. The number of ketones is 1. The number of carbonyl (C=O) groups excluding carboxylic acids is 2. The van der Waals surface area contributed by atoms with E-state index in [0.29, 0.717) is 21.2 Å². The molecule has 3 heterocycles. The smallest absolute Gasteiger partial charge is 0.295 e. The van der Waals surface area contributed by atoms with Gasteiger partial charge in [0.05, 0.1) is 16.5 Å². The largest absolute Gasteiger partial charge is 0.503 e. The lowest BCUT2D eigenvalue weighted by atomic mass is 9.95. The molecule has 1 aromatic carbocycles. The summed E-state index contributed by atoms with van der Waals surface area (Å²) >= 11 is 7.22. The third-order valence-electron chi connectivity index (χ3n) is 4.25. The van der Waals surface area contributed by atoms with Gasteiger partial charge in [-0.1, -0.05) is 35.0 Å². The first-order valence-corrected chi connectivity index (χ1v) is 9.27. The number of anilines is 1. The number of aryl methyl sites for hydroxylation is 1. The molecule has 1 aliphatic rings. The monoisotopic (exact) mass is 400 g/mol. The van der Waals surface area contributed by atoms with Crippen molar-refractivity contribution in [1.82, 2.24) is 5.16 Å². The van der Waals surface area contributed by atoms with Crippen LogP contribution in [-0.4, -0.2) is 22.0 Å². The molecule has 0 saturated heterocycles. The van der Waals surface area contributed by atoms with Gasteiger partial charge in [-0.05, 0) is 36.1 Å². The number of carbonyl (C=O) groups is 2. The molecular formula is C19H13ClN2O4S. The highest BCUT2D eigenvalue weighted by molar-refractivity contribution is 7.12. The van der Waals surface area contributed by atoms with Crippen molar-refractivity contribution in [1.29, 1.82) is 0 Å². The van der Waals surface area contributed by atoms with Crippen molar-refractivity contribution in [2.45, 2.75) is 13.0 Å². The molecule has 0 spiro atoms. The number of hydrogen-bond donors (Lipinski definition) is 1. The van der Waals surface area contributed by atoms with Crippen molar-refractivity contribution >= 4 is 40.4 Å². The maximum atomic E-state index is 13.0. The highest BCUT2D eigenvalue weighted by Crippen LogP contribution is 2.42. The van der Waals surface area contributed by atoms with Crippen LogP contribution < -0.4 is 4.90 Å². The zero-order valence-electron chi connectivity index (χ0n) is 14.0. The quantitative estimate of drug-likeness (QED) is 0.653. The van der Waals surface area contributed by atoms with E-state index in [0.717, 1.165) is 0 Å². The number of Topliss-reactive ketones (excluding diaryl/α,β-unsaturated/α-hetero) is 1. The van der Waals surface area contributed by atoms with Crippen LogP contribution in [0.4, 0.5) is 5.82 Å². The molecular weight excluding hydrogens is 388 g/mol. The van der Waals surface area contributed by atoms with Crippen molar-refractivity contribution in [2.24, 2.45) is 0 Å². The van der Waals surface area contributed by atoms with E-state index in [-0.39, 0.29) is 11.4 Å². The van der Waals surface area contributed by atoms with Crippen molar-refractivity contribution in [3.05, 3.63) is 80.4 Å². The Kier molecular flexibility index (Phi) is 4.33. The van der Waals surface area contributed by atoms with Crippen molar-refractivity contribution in [3.8, 4) is 0 Å². The minimum absolute atomic E-state index is 0.00502. The maximum absolute atomic E-state index is 13.0. The topological polar surface area (TPSA) is 83.6 Å². The number of amides is 1. The Hall–Kier alpha value is -2.90. The molecule has 1 N–H and O–H groups in total. The van der Waals surface area contributed by atoms with E-state index in [1.807, 2.05) is 0 Å². The Morgan fingerprint density at radius 2 is 2.04 bits per heavy atom. The predicted octanol–water partition coefficient (Wildman–Crippen LogP) is 4.48. The summed E-state index contributed by atoms with van der Waals surface area (Å²) in [6, 6.07) is 10.9. The molecule has 1 aliphatic heterocycles. The van der Waals surface area contributed by atoms with E-state index in [1.54, 1.807) is 54.8 Å². The van der Waals surface area contributed by atoms with Crippen LogP contribution in [0.5, 0.6) is 0 Å². The third kappa shape index (κ3) is 2.94. The minimum atomic E-state index is -0.839. The van der Waals surface area contributed by atoms with Crippen LogP contribution in [0.15, 0.2) is 63.7 Å². The zero-order valence-corrected chi connectivity index (χ0v) is 15.6. The van der Waals surface area contributed by atoms with E-state index in [2.05, 4.69) is 5.16 Å². The van der Waals surface area contributed by atoms with Crippen molar-refractivity contribution < 1.29 is 19.2 Å². The molecule has 0 aliphatic carbocycles. The van der Waals surface area contributed by atoms with Gasteiger partial charge in [-0.2, -0.15) is 0 Å². The molecule has 1 atom stereocenters. The Balaban J connectivity index is 1.88. The van der Waals surface area contributed by atoms with Crippen LogP contribution in [0.2, 0.25) is 5.02 Å². The maximum Gasteiger partial charge on any atom is 0.295 e. The summed E-state index contributed by atoms with van der Waals surface area (Å²) in [5, 5.41) is 16.7. The van der Waals surface area contributed by atoms with Crippen LogP contribution in [0.1, 0.15) is 27.0 Å². The number of aliphatic hydroxyl groups excluding tert-OH is 1. The van der Waals surface area contributed by atoms with Crippen LogP contribution in [0.3, 0.4) is 0 Å². The minimum Gasteiger partial charge on any atom is -0.503 e. The normalized spacial score (nSPS) is 17.0. The molecule has 0 unspecified atom stereocenters. The number of rotatable bonds is 4. The lowest BCUT2D eigenvalue weighted by Crippen LogP contribution is -2.31. The van der Waals surface area contributed by atoms with Gasteiger partial charge in [-0.3, -0.25) is 14.5 Å². The first kappa shape index (κ1) is 17.5. The first-order valence-electron chi connectivity index (χ1n) is 8.01. The molecule has 0 bridgehead atoms. The Morgan fingerprint density at radius 1 is 1.30 bits per heavy atom. The number of aliphatic hydroxyl groups is 1. The summed E-state index contributed by atoms with van der Waals surface area (Å²) in [4.78, 5) is 27.5. The molecule has 2 aromatic heterocycles. The van der Waals surface area contributed by atoms with E-state index >= 15 is 0 Å². The molecule has 1 amide bonds. The lowest BCUT2D eigenvalue weighted by Gasteiger charge is -2.24. The second-order valence-corrected chi connectivity index (χ2v) is 7.38. The fourth-order valence-electron chi connectivity index (χ4n) is 3.04. The van der Waals surface area contributed by atoms with Crippen molar-refractivity contribution in [2.75, 3.05) is 4.90 Å². The summed E-state index contributed by atoms with van der Waals surface area (Å²) in [6.07, 6.45) is 0. The van der Waals surface area contributed by atoms with Gasteiger partial charge in [-0.15, -0.1) is 11.3 Å². The van der Waals surface area contributed by atoms with Gasteiger partial charge in [0.25, 0.3) is 5.91 Å². The van der Waals surface area contributed by atoms with Crippen molar-refractivity contribution in [3.63, 3.8) is 0 Å². The summed E-state index contributed by atoms with van der Waals surface area (Å²) < 4.78 is 5.08. The van der Waals surface area contributed by atoms with Gasteiger partial charge in [0, 0.05) is 11.1 Å². The molecule has 0 fully saturated rings. The van der Waals surface area contributed by atoms with Crippen LogP contribution in [0, 0.1) is 6.92 Å². The second-order valence-electron chi connectivity index (χ2n) is 5.99. The molecule has 0 saturated carbocycles.